The van der Waals surface area contributed by atoms with E-state index in [0.717, 1.165) is 79.7 Å². The second-order valence-electron chi connectivity index (χ2n) is 20.1. The van der Waals surface area contributed by atoms with Gasteiger partial charge in [0.05, 0.1) is 44.3 Å². The lowest BCUT2D eigenvalue weighted by Crippen LogP contribution is -2.48. The van der Waals surface area contributed by atoms with Crippen molar-refractivity contribution in [1.29, 1.82) is 0 Å². The second-order valence-corrected chi connectivity index (χ2v) is 20.1. The van der Waals surface area contributed by atoms with E-state index in [1.807, 2.05) is 80.7 Å². The molecule has 3 aromatic carbocycles. The van der Waals surface area contributed by atoms with Gasteiger partial charge >= 0.3 is 0 Å². The highest BCUT2D eigenvalue weighted by atomic mass is 16.5. The Morgan fingerprint density at radius 3 is 2.28 bits per heavy atom. The molecule has 1 aliphatic heterocycles. The fourth-order valence-corrected chi connectivity index (χ4v) is 8.13. The van der Waals surface area contributed by atoms with E-state index in [1.54, 1.807) is 7.11 Å². The van der Waals surface area contributed by atoms with Gasteiger partial charge in [0.1, 0.15) is 11.5 Å². The average molecular weight is 877 g/mol. The zero-order valence-corrected chi connectivity index (χ0v) is 40.8. The molecule has 2 unspecified atom stereocenters. The van der Waals surface area contributed by atoms with E-state index >= 15 is 0 Å². The first-order valence-corrected chi connectivity index (χ1v) is 23.2. The molecule has 0 saturated carbocycles. The van der Waals surface area contributed by atoms with E-state index in [4.69, 9.17) is 19.2 Å². The SMILES string of the molecule is CCN(CC(=O)Cc1ccc(OC)cc1-c1ccc(NCC(C)(C)CC(C(=O)Nc2ccc(N3CCOCC3)cc2)N(C)CC(C)(C)C)c(Oc2ccccc2C)n1)CC(C)C(C)C. The number of morpholine rings is 1. The lowest BCUT2D eigenvalue weighted by molar-refractivity contribution is -0.122. The van der Waals surface area contributed by atoms with Crippen LogP contribution in [0.1, 0.15) is 79.9 Å². The van der Waals surface area contributed by atoms with E-state index in [9.17, 15) is 9.59 Å². The van der Waals surface area contributed by atoms with Gasteiger partial charge in [-0.2, -0.15) is 0 Å². The normalized spacial score (nSPS) is 14.5. The lowest BCUT2D eigenvalue weighted by Gasteiger charge is -2.37. The van der Waals surface area contributed by atoms with Crippen molar-refractivity contribution < 1.29 is 23.8 Å². The number of ketones is 1. The van der Waals surface area contributed by atoms with E-state index in [0.29, 0.717) is 54.4 Å². The van der Waals surface area contributed by atoms with Crippen LogP contribution in [0.3, 0.4) is 0 Å². The molecule has 0 radical (unpaired) electrons. The number of nitrogens with zero attached hydrogens (tertiary/aromatic N) is 4. The third-order valence-corrected chi connectivity index (χ3v) is 12.2. The summed E-state index contributed by atoms with van der Waals surface area (Å²) in [4.78, 5) is 39.8. The lowest BCUT2D eigenvalue weighted by atomic mass is 9.84. The fraction of sp³-hybridized carbons (Fsp3) is 0.528. The summed E-state index contributed by atoms with van der Waals surface area (Å²) in [5.74, 6) is 2.95. The summed E-state index contributed by atoms with van der Waals surface area (Å²) in [5.41, 5.74) is 5.63. The highest BCUT2D eigenvalue weighted by Gasteiger charge is 2.33. The van der Waals surface area contributed by atoms with E-state index in [1.165, 1.54) is 0 Å². The first kappa shape index (κ1) is 50.0. The molecule has 2 atom stereocenters. The average Bonchev–Trinajstić information content (AvgIpc) is 3.25. The van der Waals surface area contributed by atoms with E-state index in [2.05, 4.69) is 99.8 Å². The largest absolute Gasteiger partial charge is 0.497 e. The van der Waals surface area contributed by atoms with E-state index < -0.39 is 6.04 Å². The zero-order valence-electron chi connectivity index (χ0n) is 40.8. The minimum atomic E-state index is -0.393. The Kier molecular flexibility index (Phi) is 17.8. The van der Waals surface area contributed by atoms with Gasteiger partial charge in [-0.3, -0.25) is 19.4 Å². The summed E-state index contributed by atoms with van der Waals surface area (Å²) in [7, 11) is 3.69. The first-order chi connectivity index (χ1) is 30.3. The van der Waals surface area contributed by atoms with Gasteiger partial charge in [-0.15, -0.1) is 0 Å². The van der Waals surface area contributed by atoms with Crippen molar-refractivity contribution in [1.82, 2.24) is 14.8 Å². The van der Waals surface area contributed by atoms with Crippen molar-refractivity contribution in [2.75, 3.05) is 88.7 Å². The Bertz CT molecular complexity index is 2120. The molecule has 1 aromatic heterocycles. The summed E-state index contributed by atoms with van der Waals surface area (Å²) >= 11 is 0. The van der Waals surface area contributed by atoms with Gasteiger partial charge < -0.3 is 29.7 Å². The quantitative estimate of drug-likeness (QED) is 0.0792. The van der Waals surface area contributed by atoms with Crippen LogP contribution in [0, 0.1) is 29.6 Å². The smallest absolute Gasteiger partial charge is 0.243 e. The third kappa shape index (κ3) is 14.8. The van der Waals surface area contributed by atoms with E-state index in [-0.39, 0.29) is 28.9 Å². The third-order valence-electron chi connectivity index (χ3n) is 12.2. The van der Waals surface area contributed by atoms with Gasteiger partial charge in [0.15, 0.2) is 5.78 Å². The van der Waals surface area contributed by atoms with Gasteiger partial charge in [-0.25, -0.2) is 4.98 Å². The molecule has 5 rings (SSSR count). The molecule has 2 heterocycles. The van der Waals surface area contributed by atoms with Gasteiger partial charge in [0.25, 0.3) is 0 Å². The number of anilines is 3. The molecule has 1 saturated heterocycles. The van der Waals surface area contributed by atoms with Crippen LogP contribution in [0.25, 0.3) is 11.3 Å². The monoisotopic (exact) mass is 877 g/mol. The minimum absolute atomic E-state index is 0.0113. The van der Waals surface area contributed by atoms with Crippen molar-refractivity contribution in [2.45, 2.75) is 88.1 Å². The Hall–Kier alpha value is -4.97. The van der Waals surface area contributed by atoms with Crippen molar-refractivity contribution >= 4 is 28.8 Å². The standard InChI is InChI=1S/C53H76N6O5/c1-13-58(33-39(5)37(2)3)34-43(60)30-40-18-23-44(62-12)31-45(40)46-24-25-47(51(56-46)64-49-17-15-14-16-38(49)4)54-35-53(9,10)32-48(57(11)36-52(6,7)8)50(61)55-41-19-21-42(22-20-41)59-26-28-63-29-27-59/h14-25,31,37,39,48,54H,13,26-30,32-36H2,1-12H3,(H,55,61). The topological polar surface area (TPSA) is 108 Å². The predicted molar refractivity (Wildman–Crippen MR) is 263 cm³/mol. The van der Waals surface area contributed by atoms with Crippen LogP contribution >= 0.6 is 0 Å². The number of aryl methyl sites for hydroxylation is 1. The van der Waals surface area contributed by atoms with Crippen LogP contribution < -0.4 is 25.0 Å². The molecular formula is C53H76N6O5. The number of benzene rings is 3. The highest BCUT2D eigenvalue weighted by Crippen LogP contribution is 2.36. The zero-order chi connectivity index (χ0) is 46.6. The summed E-state index contributed by atoms with van der Waals surface area (Å²) in [6, 6.07) is 25.4. The van der Waals surface area contributed by atoms with Crippen LogP contribution in [0.2, 0.25) is 0 Å². The number of methoxy groups -OCH3 is 1. The number of hydrogen-bond acceptors (Lipinski definition) is 10. The number of nitrogens with one attached hydrogen (secondary N) is 2. The fourth-order valence-electron chi connectivity index (χ4n) is 8.13. The number of hydrogen-bond donors (Lipinski definition) is 2. The number of carbonyl (C=O) groups excluding carboxylic acids is 2. The Morgan fingerprint density at radius 1 is 0.938 bits per heavy atom. The molecule has 64 heavy (non-hydrogen) atoms. The maximum Gasteiger partial charge on any atom is 0.243 e. The number of carbonyl (C=O) groups is 2. The minimum Gasteiger partial charge on any atom is -0.497 e. The summed E-state index contributed by atoms with van der Waals surface area (Å²) < 4.78 is 17.8. The Labute approximate surface area is 384 Å². The molecule has 11 heteroatoms. The van der Waals surface area contributed by atoms with Crippen molar-refractivity contribution in [3.8, 4) is 28.6 Å². The Balaban J connectivity index is 1.39. The van der Waals surface area contributed by atoms with Gasteiger partial charge in [0.2, 0.25) is 11.8 Å². The number of likely N-dealkylation sites (N-methyl/N-ethyl adjacent to an activating group) is 2. The molecule has 0 spiro atoms. The van der Waals surface area contributed by atoms with Crippen LogP contribution in [-0.2, 0) is 20.7 Å². The molecule has 1 aliphatic rings. The number of pyridine rings is 1. The summed E-state index contributed by atoms with van der Waals surface area (Å²) in [6.07, 6.45) is 0.866. The van der Waals surface area contributed by atoms with Gasteiger partial charge in [-0.05, 0) is 115 Å². The molecule has 11 nitrogen and oxygen atoms in total. The number of para-hydroxylation sites is 1. The maximum absolute atomic E-state index is 14.3. The van der Waals surface area contributed by atoms with Crippen molar-refractivity contribution in [2.24, 2.45) is 22.7 Å². The molecular weight excluding hydrogens is 801 g/mol. The van der Waals surface area contributed by atoms with Crippen LogP contribution in [0.15, 0.2) is 78.9 Å². The molecule has 0 bridgehead atoms. The van der Waals surface area contributed by atoms with Crippen molar-refractivity contribution in [3.63, 3.8) is 0 Å². The Morgan fingerprint density at radius 2 is 1.64 bits per heavy atom. The maximum atomic E-state index is 14.3. The number of rotatable bonds is 22. The molecule has 348 valence electrons. The van der Waals surface area contributed by atoms with Crippen LogP contribution in [0.4, 0.5) is 17.1 Å². The first-order valence-electron chi connectivity index (χ1n) is 23.2. The highest BCUT2D eigenvalue weighted by molar-refractivity contribution is 5.95. The summed E-state index contributed by atoms with van der Waals surface area (Å²) in [6.45, 7) is 28.3. The molecule has 0 aliphatic carbocycles. The number of aromatic nitrogens is 1. The number of amides is 1. The predicted octanol–water partition coefficient (Wildman–Crippen LogP) is 10.2. The van der Waals surface area contributed by atoms with Crippen LogP contribution in [0.5, 0.6) is 17.4 Å². The summed E-state index contributed by atoms with van der Waals surface area (Å²) in [5, 5.41) is 6.92. The number of Topliss-reactive ketones (excluding diaryl/α,β-unsaturated/α-hetero) is 1. The second kappa shape index (κ2) is 22.8. The molecule has 1 amide bonds. The number of ether oxygens (including phenoxy) is 3. The van der Waals surface area contributed by atoms with Gasteiger partial charge in [-0.1, -0.05) is 86.6 Å². The van der Waals surface area contributed by atoms with Gasteiger partial charge in [0, 0.05) is 56.1 Å². The molecule has 1 fully saturated rings. The molecule has 2 N–H and O–H groups in total. The van der Waals surface area contributed by atoms with Crippen LogP contribution in [-0.4, -0.2) is 106 Å². The van der Waals surface area contributed by atoms with Crippen molar-refractivity contribution in [3.05, 3.63) is 90.0 Å². The molecule has 4 aromatic rings.